The van der Waals surface area contributed by atoms with Crippen LogP contribution in [-0.4, -0.2) is 49.1 Å². The van der Waals surface area contributed by atoms with E-state index in [0.717, 1.165) is 37.0 Å². The zero-order chi connectivity index (χ0) is 16.1. The molecule has 24 heavy (non-hydrogen) atoms. The molecule has 1 N–H and O–H groups in total. The summed E-state index contributed by atoms with van der Waals surface area (Å²) in [6.45, 7) is 2.83. The Morgan fingerprint density at radius 2 is 1.96 bits per heavy atom. The van der Waals surface area contributed by atoms with Crippen LogP contribution in [0.5, 0.6) is 0 Å². The van der Waals surface area contributed by atoms with Crippen molar-refractivity contribution < 1.29 is 0 Å². The average Bonchev–Trinajstić information content (AvgIpc) is 2.61. The summed E-state index contributed by atoms with van der Waals surface area (Å²) in [5.41, 5.74) is 2.19. The number of aromatic nitrogens is 1. The first-order valence-corrected chi connectivity index (χ1v) is 8.91. The molecule has 0 radical (unpaired) electrons. The number of halogens is 1. The minimum Gasteiger partial charge on any atom is -0.376 e. The van der Waals surface area contributed by atoms with Crippen LogP contribution in [-0.2, 0) is 6.54 Å². The second kappa shape index (κ2) is 9.44. The summed E-state index contributed by atoms with van der Waals surface area (Å²) in [5, 5.41) is 3.53. The molecule has 0 atom stereocenters. The first-order valence-electron chi connectivity index (χ1n) is 8.91. The summed E-state index contributed by atoms with van der Waals surface area (Å²) < 4.78 is 0. The van der Waals surface area contributed by atoms with E-state index in [1.807, 2.05) is 20.3 Å². The van der Waals surface area contributed by atoms with Crippen LogP contribution in [0.25, 0.3) is 0 Å². The number of hydrogen-bond donors (Lipinski definition) is 1. The fraction of sp³-hybridized carbons (Fsp3) is 0.667. The first kappa shape index (κ1) is 19.3. The second-order valence-corrected chi connectivity index (χ2v) is 6.80. The Balaban J connectivity index is 0.00000208. The van der Waals surface area contributed by atoms with Crippen molar-refractivity contribution in [2.45, 2.75) is 51.1 Å². The molecule has 0 saturated heterocycles. The third kappa shape index (κ3) is 4.97. The molecule has 1 fully saturated rings. The van der Waals surface area contributed by atoms with Gasteiger partial charge < -0.3 is 15.1 Å². The zero-order valence-electron chi connectivity index (χ0n) is 14.9. The molecule has 2 heterocycles. The number of nitrogens with one attached hydrogen (secondary N) is 1. The van der Waals surface area contributed by atoms with Crippen molar-refractivity contribution in [2.24, 2.45) is 4.99 Å². The van der Waals surface area contributed by atoms with E-state index in [1.54, 1.807) is 0 Å². The van der Waals surface area contributed by atoms with Crippen LogP contribution in [0.15, 0.2) is 23.3 Å². The minimum atomic E-state index is 0. The van der Waals surface area contributed by atoms with Crippen molar-refractivity contribution in [1.82, 2.24) is 15.2 Å². The van der Waals surface area contributed by atoms with Gasteiger partial charge in [-0.15, -0.1) is 24.0 Å². The van der Waals surface area contributed by atoms with E-state index in [9.17, 15) is 0 Å². The van der Waals surface area contributed by atoms with E-state index < -0.39 is 0 Å². The molecule has 0 spiro atoms. The van der Waals surface area contributed by atoms with E-state index >= 15 is 0 Å². The van der Waals surface area contributed by atoms with Gasteiger partial charge in [0.25, 0.3) is 0 Å². The highest BCUT2D eigenvalue weighted by Gasteiger charge is 2.25. The Hall–Kier alpha value is -1.05. The van der Waals surface area contributed by atoms with Gasteiger partial charge in [0.15, 0.2) is 5.96 Å². The molecule has 3 rings (SSSR count). The summed E-state index contributed by atoms with van der Waals surface area (Å²) in [6.07, 6.45) is 9.86. The number of anilines is 1. The average molecular weight is 443 g/mol. The predicted octanol–water partition coefficient (Wildman–Crippen LogP) is 3.25. The monoisotopic (exact) mass is 443 g/mol. The normalized spacial score (nSPS) is 18.6. The standard InChI is InChI=1S/C18H29N5.HI/c1-22(2)17-10-9-15(20-14-17)13-21-18-19-11-6-12-23(18)16-7-4-3-5-8-16;/h9-10,14,16H,3-8,11-13H2,1-2H3,(H,19,21);1H. The second-order valence-electron chi connectivity index (χ2n) is 6.80. The molecule has 6 heteroatoms. The quantitative estimate of drug-likeness (QED) is 0.726. The number of aliphatic imine (C=N–C) groups is 1. The molecule has 1 aliphatic carbocycles. The summed E-state index contributed by atoms with van der Waals surface area (Å²) in [4.78, 5) is 13.9. The predicted molar refractivity (Wildman–Crippen MR) is 111 cm³/mol. The molecule has 1 aromatic rings. The van der Waals surface area contributed by atoms with E-state index in [-0.39, 0.29) is 24.0 Å². The van der Waals surface area contributed by atoms with E-state index in [2.05, 4.69) is 32.2 Å². The van der Waals surface area contributed by atoms with Crippen LogP contribution >= 0.6 is 24.0 Å². The minimum absolute atomic E-state index is 0. The van der Waals surface area contributed by atoms with E-state index in [1.165, 1.54) is 38.5 Å². The van der Waals surface area contributed by atoms with Crippen molar-refractivity contribution in [3.8, 4) is 0 Å². The Kier molecular flexibility index (Phi) is 7.58. The van der Waals surface area contributed by atoms with Crippen molar-refractivity contribution in [3.63, 3.8) is 0 Å². The van der Waals surface area contributed by atoms with Gasteiger partial charge in [-0.25, -0.2) is 0 Å². The number of pyridine rings is 1. The maximum Gasteiger partial charge on any atom is 0.194 e. The topological polar surface area (TPSA) is 43.8 Å². The lowest BCUT2D eigenvalue weighted by atomic mass is 9.94. The van der Waals surface area contributed by atoms with Crippen molar-refractivity contribution in [1.29, 1.82) is 0 Å². The molecule has 0 bridgehead atoms. The first-order chi connectivity index (χ1) is 11.2. The maximum atomic E-state index is 4.74. The van der Waals surface area contributed by atoms with Gasteiger partial charge in [-0.05, 0) is 31.4 Å². The molecule has 134 valence electrons. The number of hydrogen-bond acceptors (Lipinski definition) is 5. The van der Waals surface area contributed by atoms with Crippen molar-refractivity contribution >= 4 is 35.6 Å². The molecule has 5 nitrogen and oxygen atoms in total. The lowest BCUT2D eigenvalue weighted by Crippen LogP contribution is -2.50. The Labute approximate surface area is 162 Å². The lowest BCUT2D eigenvalue weighted by molar-refractivity contribution is 0.227. The zero-order valence-corrected chi connectivity index (χ0v) is 17.2. The van der Waals surface area contributed by atoms with Gasteiger partial charge in [0, 0.05) is 33.2 Å². The van der Waals surface area contributed by atoms with Crippen molar-refractivity contribution in [2.75, 3.05) is 32.1 Å². The molecule has 0 aromatic carbocycles. The third-order valence-corrected chi connectivity index (χ3v) is 4.86. The third-order valence-electron chi connectivity index (χ3n) is 4.86. The van der Waals surface area contributed by atoms with Gasteiger partial charge in [0.2, 0.25) is 0 Å². The highest BCUT2D eigenvalue weighted by Crippen LogP contribution is 2.24. The number of nitrogens with zero attached hydrogens (tertiary/aromatic N) is 4. The fourth-order valence-corrected chi connectivity index (χ4v) is 3.48. The molecule has 0 unspecified atom stereocenters. The Morgan fingerprint density at radius 1 is 1.17 bits per heavy atom. The molecular formula is C18H30IN5. The molecule has 1 aromatic heterocycles. The van der Waals surface area contributed by atoms with E-state index in [4.69, 9.17) is 4.99 Å². The SMILES string of the molecule is CN(C)c1ccc(CNC2=NCCCN2C2CCCCC2)nc1.I. The van der Waals surface area contributed by atoms with Crippen LogP contribution in [0.2, 0.25) is 0 Å². The summed E-state index contributed by atoms with van der Waals surface area (Å²) in [5.74, 6) is 1.08. The van der Waals surface area contributed by atoms with Crippen LogP contribution in [0.1, 0.15) is 44.2 Å². The highest BCUT2D eigenvalue weighted by atomic mass is 127. The molecule has 2 aliphatic rings. The summed E-state index contributed by atoms with van der Waals surface area (Å²) in [6, 6.07) is 4.89. The highest BCUT2D eigenvalue weighted by molar-refractivity contribution is 14.0. The van der Waals surface area contributed by atoms with Crippen LogP contribution < -0.4 is 10.2 Å². The smallest absolute Gasteiger partial charge is 0.194 e. The van der Waals surface area contributed by atoms with E-state index in [0.29, 0.717) is 6.04 Å². The largest absolute Gasteiger partial charge is 0.376 e. The number of rotatable bonds is 4. The Bertz CT molecular complexity index is 523. The van der Waals surface area contributed by atoms with Gasteiger partial charge >= 0.3 is 0 Å². The lowest BCUT2D eigenvalue weighted by Gasteiger charge is -2.38. The van der Waals surface area contributed by atoms with Gasteiger partial charge in [0.05, 0.1) is 24.1 Å². The molecule has 1 saturated carbocycles. The molecule has 0 amide bonds. The summed E-state index contributed by atoms with van der Waals surface area (Å²) in [7, 11) is 4.07. The van der Waals surface area contributed by atoms with Gasteiger partial charge in [-0.3, -0.25) is 9.98 Å². The van der Waals surface area contributed by atoms with Crippen LogP contribution in [0.3, 0.4) is 0 Å². The summed E-state index contributed by atoms with van der Waals surface area (Å²) >= 11 is 0. The number of guanidine groups is 1. The Morgan fingerprint density at radius 3 is 2.62 bits per heavy atom. The maximum absolute atomic E-state index is 4.74. The van der Waals surface area contributed by atoms with Crippen molar-refractivity contribution in [3.05, 3.63) is 24.0 Å². The molecular weight excluding hydrogens is 413 g/mol. The van der Waals surface area contributed by atoms with Gasteiger partial charge in [-0.2, -0.15) is 0 Å². The van der Waals surface area contributed by atoms with Crippen LogP contribution in [0, 0.1) is 0 Å². The van der Waals surface area contributed by atoms with Crippen LogP contribution in [0.4, 0.5) is 5.69 Å². The van der Waals surface area contributed by atoms with Gasteiger partial charge in [-0.1, -0.05) is 19.3 Å². The fourth-order valence-electron chi connectivity index (χ4n) is 3.48. The molecule has 1 aliphatic heterocycles. The van der Waals surface area contributed by atoms with Gasteiger partial charge in [0.1, 0.15) is 0 Å².